The summed E-state index contributed by atoms with van der Waals surface area (Å²) in [7, 11) is 1.57. The first kappa shape index (κ1) is 9.77. The number of hydrogen-bond acceptors (Lipinski definition) is 4. The van der Waals surface area contributed by atoms with E-state index in [1.807, 2.05) is 0 Å². The molecule has 0 aliphatic carbocycles. The molecule has 6 heteroatoms. The second-order valence-corrected chi connectivity index (χ2v) is 2.66. The molecule has 1 atom stereocenters. The Morgan fingerprint density at radius 2 is 2.62 bits per heavy atom. The van der Waals surface area contributed by atoms with Gasteiger partial charge < -0.3 is 14.7 Å². The van der Waals surface area contributed by atoms with Gasteiger partial charge in [-0.1, -0.05) is 0 Å². The number of hydrogen-bond donors (Lipinski definition) is 2. The van der Waals surface area contributed by atoms with Crippen LogP contribution < -0.4 is 5.32 Å². The maximum atomic E-state index is 9.26. The fraction of sp³-hybridized carbons (Fsp3) is 0.714. The van der Waals surface area contributed by atoms with Gasteiger partial charge >= 0.3 is 0 Å². The molecular weight excluding hydrogens is 172 g/mol. The van der Waals surface area contributed by atoms with Gasteiger partial charge in [-0.2, -0.15) is 5.26 Å². The zero-order valence-corrected chi connectivity index (χ0v) is 7.40. The topological polar surface area (TPSA) is 80.9 Å². The molecule has 0 saturated carbocycles. The molecule has 1 fully saturated rings. The Labute approximate surface area is 76.4 Å². The van der Waals surface area contributed by atoms with Crippen molar-refractivity contribution in [1.29, 1.82) is 5.26 Å². The van der Waals surface area contributed by atoms with Crippen molar-refractivity contribution < 1.29 is 9.84 Å². The van der Waals surface area contributed by atoms with E-state index in [2.05, 4.69) is 10.3 Å². The van der Waals surface area contributed by atoms with Gasteiger partial charge in [-0.25, -0.2) is 0 Å². The van der Waals surface area contributed by atoms with Gasteiger partial charge in [-0.15, -0.1) is 0 Å². The minimum absolute atomic E-state index is 0.333. The lowest BCUT2D eigenvalue weighted by molar-refractivity contribution is -0.0556. The average molecular weight is 184 g/mol. The minimum Gasteiger partial charge on any atom is -0.389 e. The highest BCUT2D eigenvalue weighted by Crippen LogP contribution is 2.01. The molecule has 2 N–H and O–H groups in total. The number of β-amino-alcohol motifs (C(OH)–C–C–N with tert-alkyl or cyclic N) is 1. The van der Waals surface area contributed by atoms with E-state index in [4.69, 9.17) is 10.00 Å². The minimum atomic E-state index is -0.522. The van der Waals surface area contributed by atoms with Crippen molar-refractivity contribution in [3.8, 4) is 6.19 Å². The van der Waals surface area contributed by atoms with Gasteiger partial charge in [0.1, 0.15) is 6.73 Å². The van der Waals surface area contributed by atoms with Crippen LogP contribution >= 0.6 is 0 Å². The number of nitriles is 1. The van der Waals surface area contributed by atoms with Gasteiger partial charge in [-0.05, 0) is 0 Å². The van der Waals surface area contributed by atoms with Crippen LogP contribution in [0.4, 0.5) is 0 Å². The number of rotatable bonds is 0. The molecule has 6 nitrogen and oxygen atoms in total. The van der Waals surface area contributed by atoms with Crippen molar-refractivity contribution >= 4 is 5.96 Å². The van der Waals surface area contributed by atoms with Gasteiger partial charge in [0.05, 0.1) is 19.3 Å². The SMILES string of the molecule is CN=C(NC#N)N1COC[C@H](O)C1. The number of guanidine groups is 1. The monoisotopic (exact) mass is 184 g/mol. The third kappa shape index (κ3) is 2.57. The summed E-state index contributed by atoms with van der Waals surface area (Å²) in [5.41, 5.74) is 0. The van der Waals surface area contributed by atoms with Crippen molar-refractivity contribution in [2.75, 3.05) is 26.9 Å². The highest BCUT2D eigenvalue weighted by molar-refractivity contribution is 5.81. The Kier molecular flexibility index (Phi) is 3.49. The van der Waals surface area contributed by atoms with Gasteiger partial charge in [0, 0.05) is 7.05 Å². The van der Waals surface area contributed by atoms with E-state index in [0.29, 0.717) is 25.8 Å². The quantitative estimate of drug-likeness (QED) is 0.211. The zero-order valence-electron chi connectivity index (χ0n) is 7.40. The Balaban J connectivity index is 2.54. The molecule has 1 aliphatic heterocycles. The van der Waals surface area contributed by atoms with E-state index in [1.165, 1.54) is 0 Å². The van der Waals surface area contributed by atoms with E-state index in [9.17, 15) is 5.11 Å². The molecule has 0 amide bonds. The highest BCUT2D eigenvalue weighted by atomic mass is 16.5. The van der Waals surface area contributed by atoms with Crippen LogP contribution in [0.2, 0.25) is 0 Å². The summed E-state index contributed by atoms with van der Waals surface area (Å²) >= 11 is 0. The normalized spacial score (nSPS) is 23.9. The van der Waals surface area contributed by atoms with Crippen molar-refractivity contribution in [2.24, 2.45) is 4.99 Å². The summed E-state index contributed by atoms with van der Waals surface area (Å²) in [6, 6.07) is 0. The molecular formula is C7H12N4O2. The van der Waals surface area contributed by atoms with Gasteiger partial charge in [0.15, 0.2) is 6.19 Å². The summed E-state index contributed by atoms with van der Waals surface area (Å²) in [5, 5.41) is 20.1. The number of nitrogens with one attached hydrogen (secondary N) is 1. The number of aliphatic hydroxyl groups excluding tert-OH is 1. The lowest BCUT2D eigenvalue weighted by atomic mass is 10.3. The Bertz CT molecular complexity index is 235. The Morgan fingerprint density at radius 1 is 1.85 bits per heavy atom. The molecule has 1 heterocycles. The smallest absolute Gasteiger partial charge is 0.209 e. The van der Waals surface area contributed by atoms with Crippen LogP contribution in [0.5, 0.6) is 0 Å². The summed E-state index contributed by atoms with van der Waals surface area (Å²) in [6.07, 6.45) is 1.25. The first-order chi connectivity index (χ1) is 6.27. The van der Waals surface area contributed by atoms with Gasteiger partial charge in [0.2, 0.25) is 5.96 Å². The second-order valence-electron chi connectivity index (χ2n) is 2.66. The van der Waals surface area contributed by atoms with Crippen molar-refractivity contribution in [3.05, 3.63) is 0 Å². The van der Waals surface area contributed by atoms with Crippen molar-refractivity contribution in [3.63, 3.8) is 0 Å². The molecule has 0 bridgehead atoms. The van der Waals surface area contributed by atoms with Crippen LogP contribution in [0.25, 0.3) is 0 Å². The fourth-order valence-corrected chi connectivity index (χ4v) is 1.13. The van der Waals surface area contributed by atoms with Crippen LogP contribution in [-0.2, 0) is 4.74 Å². The summed E-state index contributed by atoms with van der Waals surface area (Å²) in [6.45, 7) is 1.11. The van der Waals surface area contributed by atoms with E-state index >= 15 is 0 Å². The molecule has 1 aliphatic rings. The van der Waals surface area contributed by atoms with Gasteiger partial charge in [-0.3, -0.25) is 10.3 Å². The first-order valence-electron chi connectivity index (χ1n) is 3.90. The van der Waals surface area contributed by atoms with Crippen LogP contribution in [-0.4, -0.2) is 49.0 Å². The summed E-state index contributed by atoms with van der Waals surface area (Å²) < 4.78 is 5.07. The predicted molar refractivity (Wildman–Crippen MR) is 45.6 cm³/mol. The molecule has 1 rings (SSSR count). The molecule has 0 unspecified atom stereocenters. The number of aliphatic imine (C=N–C) groups is 1. The molecule has 13 heavy (non-hydrogen) atoms. The highest BCUT2D eigenvalue weighted by Gasteiger charge is 2.20. The lowest BCUT2D eigenvalue weighted by Gasteiger charge is -2.31. The van der Waals surface area contributed by atoms with Crippen LogP contribution in [0.1, 0.15) is 0 Å². The van der Waals surface area contributed by atoms with Crippen molar-refractivity contribution in [1.82, 2.24) is 10.2 Å². The standard InChI is InChI=1S/C7H12N4O2/c1-9-7(10-4-8)11-2-6(12)3-13-5-11/h6,12H,2-3,5H2,1H3,(H,9,10)/t6-/m1/s1. The maximum absolute atomic E-state index is 9.26. The zero-order chi connectivity index (χ0) is 9.68. The number of ether oxygens (including phenoxy) is 1. The summed E-state index contributed by atoms with van der Waals surface area (Å²) in [5.74, 6) is 0.418. The van der Waals surface area contributed by atoms with E-state index < -0.39 is 6.10 Å². The van der Waals surface area contributed by atoms with E-state index in [0.717, 1.165) is 0 Å². The summed E-state index contributed by atoms with van der Waals surface area (Å²) in [4.78, 5) is 5.52. The molecule has 0 radical (unpaired) electrons. The third-order valence-electron chi connectivity index (χ3n) is 1.67. The largest absolute Gasteiger partial charge is 0.389 e. The maximum Gasteiger partial charge on any atom is 0.209 e. The van der Waals surface area contributed by atoms with Crippen LogP contribution in [0, 0.1) is 11.5 Å². The first-order valence-corrected chi connectivity index (χ1v) is 3.90. The second kappa shape index (κ2) is 4.64. The fourth-order valence-electron chi connectivity index (χ4n) is 1.13. The molecule has 1 saturated heterocycles. The Morgan fingerprint density at radius 3 is 3.15 bits per heavy atom. The molecule has 0 aromatic carbocycles. The average Bonchev–Trinajstić information content (AvgIpc) is 2.14. The van der Waals surface area contributed by atoms with E-state index in [-0.39, 0.29) is 0 Å². The van der Waals surface area contributed by atoms with Crippen LogP contribution in [0.3, 0.4) is 0 Å². The van der Waals surface area contributed by atoms with Crippen molar-refractivity contribution in [2.45, 2.75) is 6.10 Å². The number of nitrogens with zero attached hydrogens (tertiary/aromatic N) is 3. The molecule has 0 aromatic rings. The molecule has 0 aromatic heterocycles. The third-order valence-corrected chi connectivity index (χ3v) is 1.67. The van der Waals surface area contributed by atoms with E-state index in [1.54, 1.807) is 18.1 Å². The molecule has 72 valence electrons. The van der Waals surface area contributed by atoms with Gasteiger partial charge in [0.25, 0.3) is 0 Å². The Hall–Kier alpha value is -1.32. The predicted octanol–water partition coefficient (Wildman–Crippen LogP) is -1.31. The van der Waals surface area contributed by atoms with Crippen LogP contribution in [0.15, 0.2) is 4.99 Å². The number of aliphatic hydroxyl groups is 1. The lowest BCUT2D eigenvalue weighted by Crippen LogP contribution is -2.49. The molecule has 0 spiro atoms.